The zero-order chi connectivity index (χ0) is 30.3. The lowest BCUT2D eigenvalue weighted by atomic mass is 10.1. The number of amides is 2. The van der Waals surface area contributed by atoms with E-state index in [-0.39, 0.29) is 29.0 Å². The Kier molecular flexibility index (Phi) is 11.1. The van der Waals surface area contributed by atoms with Crippen molar-refractivity contribution in [1.29, 1.82) is 0 Å². The van der Waals surface area contributed by atoms with Gasteiger partial charge in [-0.05, 0) is 68.3 Å². The first-order chi connectivity index (χ1) is 19.3. The van der Waals surface area contributed by atoms with Gasteiger partial charge in [0.2, 0.25) is 11.8 Å². The van der Waals surface area contributed by atoms with Crippen LogP contribution in [0.4, 0.5) is 5.69 Å². The molecule has 0 radical (unpaired) electrons. The predicted molar refractivity (Wildman–Crippen MR) is 163 cm³/mol. The number of anilines is 1. The minimum absolute atomic E-state index is 0.0233. The van der Waals surface area contributed by atoms with Gasteiger partial charge in [0.25, 0.3) is 10.0 Å². The topological polar surface area (TPSA) is 96.0 Å². The second-order valence-corrected chi connectivity index (χ2v) is 12.7. The Labute approximate surface area is 252 Å². The number of halogens is 2. The maximum absolute atomic E-state index is 14.0. The summed E-state index contributed by atoms with van der Waals surface area (Å²) in [6.07, 6.45) is 0. The number of carbonyl (C=O) groups excluding carboxylic acids is 2. The molecule has 0 heterocycles. The smallest absolute Gasteiger partial charge is 0.264 e. The number of rotatable bonds is 12. The molecular formula is C30H35Cl2N3O5S. The SMILES string of the molecule is COc1ccc(N(CC(=O)N(Cc2c(Cl)cccc2Cl)[C@H](C)C(=O)NCC(C)C)S(=O)(=O)c2ccc(C)cc2)cc1. The third-order valence-electron chi connectivity index (χ3n) is 6.49. The zero-order valence-corrected chi connectivity index (χ0v) is 26.1. The number of sulfonamides is 1. The van der Waals surface area contributed by atoms with Crippen molar-refractivity contribution in [1.82, 2.24) is 10.2 Å². The molecule has 1 N–H and O–H groups in total. The summed E-state index contributed by atoms with van der Waals surface area (Å²) >= 11 is 12.8. The van der Waals surface area contributed by atoms with E-state index in [0.29, 0.717) is 27.9 Å². The van der Waals surface area contributed by atoms with E-state index in [2.05, 4.69) is 5.32 Å². The number of carbonyl (C=O) groups is 2. The highest BCUT2D eigenvalue weighted by atomic mass is 35.5. The van der Waals surface area contributed by atoms with Crippen LogP contribution in [0, 0.1) is 12.8 Å². The van der Waals surface area contributed by atoms with Crippen LogP contribution in [0.2, 0.25) is 10.0 Å². The van der Waals surface area contributed by atoms with E-state index >= 15 is 0 Å². The molecule has 0 aliphatic rings. The third-order valence-corrected chi connectivity index (χ3v) is 8.99. The van der Waals surface area contributed by atoms with Gasteiger partial charge in [-0.15, -0.1) is 0 Å². The molecule has 0 fully saturated rings. The van der Waals surface area contributed by atoms with Gasteiger partial charge >= 0.3 is 0 Å². The van der Waals surface area contributed by atoms with Crippen LogP contribution in [0.25, 0.3) is 0 Å². The molecule has 3 aromatic rings. The predicted octanol–water partition coefficient (Wildman–Crippen LogP) is 5.70. The molecule has 1 atom stereocenters. The monoisotopic (exact) mass is 619 g/mol. The molecule has 0 saturated carbocycles. The Balaban J connectivity index is 2.05. The molecule has 220 valence electrons. The molecule has 8 nitrogen and oxygen atoms in total. The van der Waals surface area contributed by atoms with E-state index in [1.165, 1.54) is 24.1 Å². The van der Waals surface area contributed by atoms with Crippen molar-refractivity contribution in [3.05, 3.63) is 87.9 Å². The molecule has 3 rings (SSSR count). The summed E-state index contributed by atoms with van der Waals surface area (Å²) in [5, 5.41) is 3.49. The van der Waals surface area contributed by atoms with Crippen molar-refractivity contribution in [3.63, 3.8) is 0 Å². The molecular weight excluding hydrogens is 585 g/mol. The Morgan fingerprint density at radius 1 is 0.927 bits per heavy atom. The van der Waals surface area contributed by atoms with Crippen molar-refractivity contribution in [2.24, 2.45) is 5.92 Å². The molecule has 11 heteroatoms. The Hall–Kier alpha value is -3.27. The maximum Gasteiger partial charge on any atom is 0.264 e. The largest absolute Gasteiger partial charge is 0.497 e. The minimum Gasteiger partial charge on any atom is -0.497 e. The molecule has 3 aromatic carbocycles. The molecule has 0 aliphatic heterocycles. The number of hydrogen-bond acceptors (Lipinski definition) is 5. The molecule has 41 heavy (non-hydrogen) atoms. The molecule has 0 unspecified atom stereocenters. The van der Waals surface area contributed by atoms with E-state index in [1.54, 1.807) is 61.5 Å². The van der Waals surface area contributed by atoms with Gasteiger partial charge in [0.15, 0.2) is 0 Å². The third kappa shape index (κ3) is 8.15. The summed E-state index contributed by atoms with van der Waals surface area (Å²) in [6, 6.07) is 16.7. The first kappa shape index (κ1) is 32.2. The fourth-order valence-electron chi connectivity index (χ4n) is 4.00. The van der Waals surface area contributed by atoms with Crippen molar-refractivity contribution >= 4 is 50.7 Å². The van der Waals surface area contributed by atoms with E-state index in [4.69, 9.17) is 27.9 Å². The van der Waals surface area contributed by atoms with Crippen LogP contribution in [0.5, 0.6) is 5.75 Å². The number of methoxy groups -OCH3 is 1. The van der Waals surface area contributed by atoms with E-state index < -0.39 is 28.5 Å². The lowest BCUT2D eigenvalue weighted by Crippen LogP contribution is -2.51. The Morgan fingerprint density at radius 3 is 2.05 bits per heavy atom. The first-order valence-corrected chi connectivity index (χ1v) is 15.3. The standard InChI is InChI=1S/C30H35Cl2N3O5S/c1-20(2)17-33-30(37)22(4)34(18-26-27(31)7-6-8-28(26)32)29(36)19-35(23-11-13-24(40-5)14-12-23)41(38,39)25-15-9-21(3)10-16-25/h6-16,20,22H,17-19H2,1-5H3,(H,33,37)/t22-/m1/s1. The van der Waals surface area contributed by atoms with Gasteiger partial charge < -0.3 is 15.0 Å². The number of benzene rings is 3. The van der Waals surface area contributed by atoms with Crippen molar-refractivity contribution in [2.75, 3.05) is 24.5 Å². The van der Waals surface area contributed by atoms with Crippen LogP contribution in [-0.4, -0.2) is 51.4 Å². The molecule has 2 amide bonds. The molecule has 0 aromatic heterocycles. The van der Waals surface area contributed by atoms with E-state index in [9.17, 15) is 18.0 Å². The van der Waals surface area contributed by atoms with E-state index in [1.807, 2.05) is 20.8 Å². The lowest BCUT2D eigenvalue weighted by Gasteiger charge is -2.32. The number of nitrogens with zero attached hydrogens (tertiary/aromatic N) is 2. The number of ether oxygens (including phenoxy) is 1. The summed E-state index contributed by atoms with van der Waals surface area (Å²) < 4.78 is 34.1. The van der Waals surface area contributed by atoms with Crippen LogP contribution in [0.3, 0.4) is 0 Å². The Bertz CT molecular complexity index is 1440. The van der Waals surface area contributed by atoms with Crippen LogP contribution in [0.1, 0.15) is 31.9 Å². The summed E-state index contributed by atoms with van der Waals surface area (Å²) in [6.45, 7) is 7.09. The maximum atomic E-state index is 14.0. The summed E-state index contributed by atoms with van der Waals surface area (Å²) in [4.78, 5) is 28.5. The van der Waals surface area contributed by atoms with Gasteiger partial charge in [0.05, 0.1) is 17.7 Å². The summed E-state index contributed by atoms with van der Waals surface area (Å²) in [5.41, 5.74) is 1.59. The molecule has 0 aliphatic carbocycles. The van der Waals surface area contributed by atoms with Crippen molar-refractivity contribution < 1.29 is 22.7 Å². The number of aryl methyl sites for hydroxylation is 1. The minimum atomic E-state index is -4.18. The normalized spacial score (nSPS) is 12.1. The van der Waals surface area contributed by atoms with Crippen molar-refractivity contribution in [3.8, 4) is 5.75 Å². The highest BCUT2D eigenvalue weighted by Gasteiger charge is 2.33. The van der Waals surface area contributed by atoms with Gasteiger partial charge in [0.1, 0.15) is 18.3 Å². The average Bonchev–Trinajstić information content (AvgIpc) is 2.94. The van der Waals surface area contributed by atoms with E-state index in [0.717, 1.165) is 9.87 Å². The Morgan fingerprint density at radius 2 is 1.51 bits per heavy atom. The van der Waals surface area contributed by atoms with Crippen molar-refractivity contribution in [2.45, 2.75) is 45.2 Å². The van der Waals surface area contributed by atoms with Gasteiger partial charge in [-0.3, -0.25) is 13.9 Å². The average molecular weight is 621 g/mol. The highest BCUT2D eigenvalue weighted by Crippen LogP contribution is 2.29. The highest BCUT2D eigenvalue weighted by molar-refractivity contribution is 7.92. The van der Waals surface area contributed by atoms with Gasteiger partial charge in [-0.1, -0.05) is 60.8 Å². The quantitative estimate of drug-likeness (QED) is 0.281. The summed E-state index contributed by atoms with van der Waals surface area (Å²) in [7, 11) is -2.68. The zero-order valence-electron chi connectivity index (χ0n) is 23.7. The van der Waals surface area contributed by atoms with Crippen LogP contribution in [-0.2, 0) is 26.2 Å². The summed E-state index contributed by atoms with van der Waals surface area (Å²) in [5.74, 6) is -0.274. The number of hydrogen-bond donors (Lipinski definition) is 1. The lowest BCUT2D eigenvalue weighted by molar-refractivity contribution is -0.139. The number of nitrogens with one attached hydrogen (secondary N) is 1. The second kappa shape index (κ2) is 14.1. The van der Waals surface area contributed by atoms with Crippen LogP contribution in [0.15, 0.2) is 71.6 Å². The van der Waals surface area contributed by atoms with Gasteiger partial charge in [0, 0.05) is 28.7 Å². The van der Waals surface area contributed by atoms with Gasteiger partial charge in [-0.2, -0.15) is 0 Å². The fourth-order valence-corrected chi connectivity index (χ4v) is 5.93. The second-order valence-electron chi connectivity index (χ2n) is 10.1. The molecule has 0 saturated heterocycles. The van der Waals surface area contributed by atoms with Crippen LogP contribution < -0.4 is 14.4 Å². The fraction of sp³-hybridized carbons (Fsp3) is 0.333. The van der Waals surface area contributed by atoms with Gasteiger partial charge in [-0.25, -0.2) is 8.42 Å². The molecule has 0 bridgehead atoms. The van der Waals surface area contributed by atoms with Crippen LogP contribution >= 0.6 is 23.2 Å². The first-order valence-electron chi connectivity index (χ1n) is 13.1. The molecule has 0 spiro atoms.